The SMILES string of the molecule is Cc1nc([C@H]2CCCN(C(=O)NCc3c(C)noc3C)C2)no1. The second-order valence-corrected chi connectivity index (χ2v) is 5.92. The van der Waals surface area contributed by atoms with Crippen LogP contribution >= 0.6 is 0 Å². The van der Waals surface area contributed by atoms with E-state index in [0.717, 1.165) is 36.4 Å². The topological polar surface area (TPSA) is 97.3 Å². The van der Waals surface area contributed by atoms with Gasteiger partial charge in [0.25, 0.3) is 0 Å². The van der Waals surface area contributed by atoms with Gasteiger partial charge in [-0.15, -0.1) is 0 Å². The summed E-state index contributed by atoms with van der Waals surface area (Å²) >= 11 is 0. The van der Waals surface area contributed by atoms with Crippen molar-refractivity contribution in [2.75, 3.05) is 13.1 Å². The Labute approximate surface area is 134 Å². The van der Waals surface area contributed by atoms with Gasteiger partial charge in [0, 0.05) is 38.0 Å². The molecule has 23 heavy (non-hydrogen) atoms. The lowest BCUT2D eigenvalue weighted by atomic mass is 9.98. The second kappa shape index (κ2) is 6.39. The van der Waals surface area contributed by atoms with E-state index in [4.69, 9.17) is 9.05 Å². The number of aromatic nitrogens is 3. The number of nitrogens with zero attached hydrogens (tertiary/aromatic N) is 4. The summed E-state index contributed by atoms with van der Waals surface area (Å²) < 4.78 is 10.1. The van der Waals surface area contributed by atoms with Gasteiger partial charge in [0.05, 0.1) is 5.69 Å². The van der Waals surface area contributed by atoms with Gasteiger partial charge < -0.3 is 19.3 Å². The summed E-state index contributed by atoms with van der Waals surface area (Å²) in [7, 11) is 0. The first kappa shape index (κ1) is 15.5. The smallest absolute Gasteiger partial charge is 0.317 e. The number of hydrogen-bond acceptors (Lipinski definition) is 6. The molecule has 0 aliphatic carbocycles. The summed E-state index contributed by atoms with van der Waals surface area (Å²) in [4.78, 5) is 18.5. The Morgan fingerprint density at radius 2 is 2.13 bits per heavy atom. The van der Waals surface area contributed by atoms with Gasteiger partial charge >= 0.3 is 6.03 Å². The molecule has 0 radical (unpaired) electrons. The molecule has 3 rings (SSSR count). The predicted octanol–water partition coefficient (Wildman–Crippen LogP) is 2.07. The Morgan fingerprint density at radius 3 is 2.78 bits per heavy atom. The fraction of sp³-hybridized carbons (Fsp3) is 0.600. The normalized spacial score (nSPS) is 18.2. The summed E-state index contributed by atoms with van der Waals surface area (Å²) in [6.45, 7) is 7.24. The Hall–Kier alpha value is -2.38. The summed E-state index contributed by atoms with van der Waals surface area (Å²) in [5, 5.41) is 10.8. The first-order valence-corrected chi connectivity index (χ1v) is 7.79. The highest BCUT2D eigenvalue weighted by atomic mass is 16.5. The number of nitrogens with one attached hydrogen (secondary N) is 1. The molecule has 1 atom stereocenters. The maximum absolute atomic E-state index is 12.4. The zero-order chi connectivity index (χ0) is 16.4. The Bertz CT molecular complexity index is 674. The molecule has 0 spiro atoms. The van der Waals surface area contributed by atoms with E-state index in [0.29, 0.717) is 24.8 Å². The highest BCUT2D eigenvalue weighted by Crippen LogP contribution is 2.24. The van der Waals surface area contributed by atoms with E-state index in [2.05, 4.69) is 20.6 Å². The largest absolute Gasteiger partial charge is 0.361 e. The van der Waals surface area contributed by atoms with Crippen molar-refractivity contribution >= 4 is 6.03 Å². The molecule has 3 heterocycles. The molecule has 0 bridgehead atoms. The van der Waals surface area contributed by atoms with Crippen molar-refractivity contribution in [1.82, 2.24) is 25.5 Å². The molecule has 1 saturated heterocycles. The first-order chi connectivity index (χ1) is 11.0. The summed E-state index contributed by atoms with van der Waals surface area (Å²) in [6, 6.07) is -0.0880. The van der Waals surface area contributed by atoms with Crippen molar-refractivity contribution in [1.29, 1.82) is 0 Å². The van der Waals surface area contributed by atoms with E-state index in [1.165, 1.54) is 0 Å². The lowest BCUT2D eigenvalue weighted by molar-refractivity contribution is 0.177. The molecule has 1 aliphatic heterocycles. The van der Waals surface area contributed by atoms with Gasteiger partial charge in [0.1, 0.15) is 5.76 Å². The van der Waals surface area contributed by atoms with Crippen LogP contribution in [0.4, 0.5) is 4.79 Å². The molecule has 0 saturated carbocycles. The Morgan fingerprint density at radius 1 is 1.30 bits per heavy atom. The van der Waals surface area contributed by atoms with Crippen LogP contribution in [0.15, 0.2) is 9.05 Å². The van der Waals surface area contributed by atoms with Crippen LogP contribution in [-0.4, -0.2) is 39.3 Å². The number of likely N-dealkylation sites (tertiary alicyclic amines) is 1. The zero-order valence-corrected chi connectivity index (χ0v) is 13.6. The summed E-state index contributed by atoms with van der Waals surface area (Å²) in [5.41, 5.74) is 1.74. The highest BCUT2D eigenvalue weighted by molar-refractivity contribution is 5.74. The maximum atomic E-state index is 12.4. The Kier molecular flexibility index (Phi) is 4.31. The molecule has 2 aromatic rings. The van der Waals surface area contributed by atoms with E-state index in [1.54, 1.807) is 11.8 Å². The van der Waals surface area contributed by atoms with E-state index < -0.39 is 0 Å². The third-order valence-electron chi connectivity index (χ3n) is 4.21. The molecule has 2 amide bonds. The van der Waals surface area contributed by atoms with Gasteiger partial charge in [-0.3, -0.25) is 0 Å². The van der Waals surface area contributed by atoms with Crippen molar-refractivity contribution < 1.29 is 13.8 Å². The van der Waals surface area contributed by atoms with E-state index in [1.807, 2.05) is 13.8 Å². The molecular weight excluding hydrogens is 298 g/mol. The molecule has 1 N–H and O–H groups in total. The van der Waals surface area contributed by atoms with E-state index >= 15 is 0 Å². The maximum Gasteiger partial charge on any atom is 0.317 e. The van der Waals surface area contributed by atoms with Gasteiger partial charge in [0.15, 0.2) is 5.82 Å². The quantitative estimate of drug-likeness (QED) is 0.930. The molecule has 1 fully saturated rings. The highest BCUT2D eigenvalue weighted by Gasteiger charge is 2.27. The average Bonchev–Trinajstić information content (AvgIpc) is 3.12. The summed E-state index contributed by atoms with van der Waals surface area (Å²) in [5.74, 6) is 2.11. The molecule has 124 valence electrons. The van der Waals surface area contributed by atoms with Crippen molar-refractivity contribution in [3.8, 4) is 0 Å². The van der Waals surface area contributed by atoms with E-state index in [-0.39, 0.29) is 11.9 Å². The molecule has 0 aromatic carbocycles. The first-order valence-electron chi connectivity index (χ1n) is 7.79. The molecule has 2 aromatic heterocycles. The minimum Gasteiger partial charge on any atom is -0.361 e. The number of aryl methyl sites for hydroxylation is 3. The lowest BCUT2D eigenvalue weighted by Gasteiger charge is -2.31. The van der Waals surface area contributed by atoms with E-state index in [9.17, 15) is 4.79 Å². The van der Waals surface area contributed by atoms with Crippen LogP contribution in [0.5, 0.6) is 0 Å². The third-order valence-corrected chi connectivity index (χ3v) is 4.21. The van der Waals surface area contributed by atoms with Crippen LogP contribution in [0.25, 0.3) is 0 Å². The minimum atomic E-state index is -0.0880. The fourth-order valence-corrected chi connectivity index (χ4v) is 2.88. The number of rotatable bonds is 3. The van der Waals surface area contributed by atoms with Crippen LogP contribution in [0.1, 0.15) is 47.5 Å². The lowest BCUT2D eigenvalue weighted by Crippen LogP contribution is -2.44. The van der Waals surface area contributed by atoms with Crippen molar-refractivity contribution in [3.63, 3.8) is 0 Å². The van der Waals surface area contributed by atoms with Gasteiger partial charge in [-0.1, -0.05) is 10.3 Å². The van der Waals surface area contributed by atoms with Crippen LogP contribution in [-0.2, 0) is 6.54 Å². The number of urea groups is 1. The van der Waals surface area contributed by atoms with Gasteiger partial charge in [0.2, 0.25) is 5.89 Å². The molecule has 1 aliphatic rings. The number of carbonyl (C=O) groups excluding carboxylic acids is 1. The van der Waals surface area contributed by atoms with Crippen molar-refractivity contribution in [2.45, 2.75) is 46.1 Å². The van der Waals surface area contributed by atoms with Crippen LogP contribution in [0, 0.1) is 20.8 Å². The molecule has 8 heteroatoms. The predicted molar refractivity (Wildman–Crippen MR) is 80.8 cm³/mol. The van der Waals surface area contributed by atoms with Gasteiger partial charge in [-0.05, 0) is 26.7 Å². The van der Waals surface area contributed by atoms with Crippen molar-refractivity contribution in [3.05, 3.63) is 28.7 Å². The van der Waals surface area contributed by atoms with Crippen LogP contribution in [0.2, 0.25) is 0 Å². The number of carbonyl (C=O) groups is 1. The summed E-state index contributed by atoms with van der Waals surface area (Å²) in [6.07, 6.45) is 1.89. The molecule has 0 unspecified atom stereocenters. The standard InChI is InChI=1S/C15H21N5O3/c1-9-13(10(2)22-18-9)7-16-15(21)20-6-4-5-12(8-20)14-17-11(3)23-19-14/h12H,4-8H2,1-3H3,(H,16,21)/t12-/m0/s1. The van der Waals surface area contributed by atoms with Crippen LogP contribution in [0.3, 0.4) is 0 Å². The van der Waals surface area contributed by atoms with Crippen LogP contribution < -0.4 is 5.32 Å². The number of hydrogen-bond donors (Lipinski definition) is 1. The molecule has 8 nitrogen and oxygen atoms in total. The van der Waals surface area contributed by atoms with Gasteiger partial charge in [-0.2, -0.15) is 4.98 Å². The molecular formula is C15H21N5O3. The second-order valence-electron chi connectivity index (χ2n) is 5.92. The van der Waals surface area contributed by atoms with Crippen molar-refractivity contribution in [2.24, 2.45) is 0 Å². The minimum absolute atomic E-state index is 0.0880. The third kappa shape index (κ3) is 3.35. The number of piperidine rings is 1. The monoisotopic (exact) mass is 319 g/mol. The Balaban J connectivity index is 1.59. The number of amides is 2. The zero-order valence-electron chi connectivity index (χ0n) is 13.6. The van der Waals surface area contributed by atoms with Gasteiger partial charge in [-0.25, -0.2) is 4.79 Å². The fourth-order valence-electron chi connectivity index (χ4n) is 2.88. The average molecular weight is 319 g/mol.